The molecule has 0 spiro atoms. The molecule has 1 aromatic rings. The Hall–Kier alpha value is -1.95. The van der Waals surface area contributed by atoms with Crippen LogP contribution in [0.1, 0.15) is 10.4 Å². The van der Waals surface area contributed by atoms with E-state index in [2.05, 4.69) is 10.6 Å². The fraction of sp³-hybridized carbons (Fsp3) is 0.500. The van der Waals surface area contributed by atoms with E-state index < -0.39 is 0 Å². The molecule has 20 heavy (non-hydrogen) atoms. The molecule has 2 rings (SSSR count). The van der Waals surface area contributed by atoms with Crippen molar-refractivity contribution in [3.63, 3.8) is 0 Å². The SMILES string of the molecule is COc1ccc(C(=O)NCC2CNC2)c(OC)c1OC. The fourth-order valence-corrected chi connectivity index (χ4v) is 2.11. The van der Waals surface area contributed by atoms with Crippen LogP contribution in [0.3, 0.4) is 0 Å². The number of rotatable bonds is 6. The Morgan fingerprint density at radius 3 is 2.40 bits per heavy atom. The molecule has 0 saturated carbocycles. The molecule has 0 aromatic heterocycles. The summed E-state index contributed by atoms with van der Waals surface area (Å²) in [5.74, 6) is 1.67. The molecule has 1 heterocycles. The van der Waals surface area contributed by atoms with Gasteiger partial charge in [0, 0.05) is 25.6 Å². The molecule has 0 aliphatic carbocycles. The summed E-state index contributed by atoms with van der Waals surface area (Å²) in [5, 5.41) is 6.08. The van der Waals surface area contributed by atoms with Gasteiger partial charge in [-0.2, -0.15) is 0 Å². The average Bonchev–Trinajstić information content (AvgIpc) is 2.43. The van der Waals surface area contributed by atoms with Gasteiger partial charge in [0.05, 0.1) is 26.9 Å². The van der Waals surface area contributed by atoms with Gasteiger partial charge in [-0.1, -0.05) is 0 Å². The molecular weight excluding hydrogens is 260 g/mol. The van der Waals surface area contributed by atoms with Crippen LogP contribution in [-0.2, 0) is 0 Å². The Bertz CT molecular complexity index is 486. The minimum absolute atomic E-state index is 0.172. The number of amides is 1. The minimum Gasteiger partial charge on any atom is -0.493 e. The number of carbonyl (C=O) groups is 1. The van der Waals surface area contributed by atoms with Crippen molar-refractivity contribution in [3.8, 4) is 17.2 Å². The van der Waals surface area contributed by atoms with Gasteiger partial charge in [-0.05, 0) is 12.1 Å². The zero-order valence-corrected chi connectivity index (χ0v) is 12.0. The van der Waals surface area contributed by atoms with Crippen LogP contribution in [-0.4, -0.2) is 46.9 Å². The molecule has 2 N–H and O–H groups in total. The van der Waals surface area contributed by atoms with Gasteiger partial charge in [0.2, 0.25) is 5.75 Å². The summed E-state index contributed by atoms with van der Waals surface area (Å²) in [6, 6.07) is 3.37. The van der Waals surface area contributed by atoms with E-state index in [-0.39, 0.29) is 5.91 Å². The highest BCUT2D eigenvalue weighted by Gasteiger charge is 2.22. The van der Waals surface area contributed by atoms with Crippen molar-refractivity contribution in [1.82, 2.24) is 10.6 Å². The number of nitrogens with one attached hydrogen (secondary N) is 2. The first-order chi connectivity index (χ1) is 9.71. The van der Waals surface area contributed by atoms with Crippen LogP contribution in [0.2, 0.25) is 0 Å². The van der Waals surface area contributed by atoms with Crippen LogP contribution in [0.25, 0.3) is 0 Å². The van der Waals surface area contributed by atoms with Crippen molar-refractivity contribution >= 4 is 5.91 Å². The smallest absolute Gasteiger partial charge is 0.255 e. The molecule has 1 aromatic carbocycles. The lowest BCUT2D eigenvalue weighted by Crippen LogP contribution is -2.48. The Morgan fingerprint density at radius 1 is 1.20 bits per heavy atom. The molecule has 0 unspecified atom stereocenters. The topological polar surface area (TPSA) is 68.8 Å². The second kappa shape index (κ2) is 6.47. The van der Waals surface area contributed by atoms with Crippen molar-refractivity contribution in [1.29, 1.82) is 0 Å². The van der Waals surface area contributed by atoms with Gasteiger partial charge in [-0.3, -0.25) is 4.79 Å². The molecule has 1 fully saturated rings. The maximum absolute atomic E-state index is 12.2. The Labute approximate surface area is 118 Å². The molecule has 1 amide bonds. The second-order valence-electron chi connectivity index (χ2n) is 4.62. The highest BCUT2D eigenvalue weighted by Crippen LogP contribution is 2.39. The average molecular weight is 280 g/mol. The highest BCUT2D eigenvalue weighted by atomic mass is 16.5. The van der Waals surface area contributed by atoms with E-state index in [9.17, 15) is 4.79 Å². The van der Waals surface area contributed by atoms with E-state index in [0.717, 1.165) is 13.1 Å². The molecule has 6 nitrogen and oxygen atoms in total. The Kier molecular flexibility index (Phi) is 4.68. The van der Waals surface area contributed by atoms with Crippen molar-refractivity contribution in [2.24, 2.45) is 5.92 Å². The van der Waals surface area contributed by atoms with Crippen molar-refractivity contribution < 1.29 is 19.0 Å². The lowest BCUT2D eigenvalue weighted by atomic mass is 10.0. The molecular formula is C14H20N2O4. The molecule has 0 atom stereocenters. The summed E-state index contributed by atoms with van der Waals surface area (Å²) in [6.45, 7) is 2.55. The monoisotopic (exact) mass is 280 g/mol. The number of methoxy groups -OCH3 is 3. The van der Waals surface area contributed by atoms with Crippen LogP contribution < -0.4 is 24.8 Å². The molecule has 1 saturated heterocycles. The lowest BCUT2D eigenvalue weighted by Gasteiger charge is -2.27. The fourth-order valence-electron chi connectivity index (χ4n) is 2.11. The number of ether oxygens (including phenoxy) is 3. The third-order valence-electron chi connectivity index (χ3n) is 3.37. The molecule has 1 aliphatic heterocycles. The molecule has 0 radical (unpaired) electrons. The standard InChI is InChI=1S/C14H20N2O4/c1-18-11-5-4-10(12(19-2)13(11)20-3)14(17)16-8-9-6-15-7-9/h4-5,9,15H,6-8H2,1-3H3,(H,16,17). The number of carbonyl (C=O) groups excluding carboxylic acids is 1. The van der Waals surface area contributed by atoms with Crippen molar-refractivity contribution in [2.45, 2.75) is 0 Å². The number of hydrogen-bond acceptors (Lipinski definition) is 5. The van der Waals surface area contributed by atoms with Crippen LogP contribution >= 0.6 is 0 Å². The van der Waals surface area contributed by atoms with E-state index in [1.165, 1.54) is 14.2 Å². The highest BCUT2D eigenvalue weighted by molar-refractivity contribution is 5.98. The van der Waals surface area contributed by atoms with Gasteiger partial charge in [0.25, 0.3) is 5.91 Å². The molecule has 0 bridgehead atoms. The summed E-state index contributed by atoms with van der Waals surface area (Å²) >= 11 is 0. The normalized spacial score (nSPS) is 14.3. The summed E-state index contributed by atoms with van der Waals surface area (Å²) in [7, 11) is 4.56. The first-order valence-electron chi connectivity index (χ1n) is 6.49. The summed E-state index contributed by atoms with van der Waals surface area (Å²) in [4.78, 5) is 12.2. The van der Waals surface area contributed by atoms with Crippen molar-refractivity contribution in [3.05, 3.63) is 17.7 Å². The predicted molar refractivity (Wildman–Crippen MR) is 74.8 cm³/mol. The Balaban J connectivity index is 2.18. The maximum Gasteiger partial charge on any atom is 0.255 e. The summed E-state index contributed by atoms with van der Waals surface area (Å²) in [5.41, 5.74) is 0.442. The predicted octanol–water partition coefficient (Wildman–Crippen LogP) is 0.662. The van der Waals surface area contributed by atoms with Gasteiger partial charge in [0.15, 0.2) is 11.5 Å². The number of benzene rings is 1. The molecule has 6 heteroatoms. The zero-order chi connectivity index (χ0) is 14.5. The van der Waals surface area contributed by atoms with Crippen LogP contribution in [0, 0.1) is 5.92 Å². The van der Waals surface area contributed by atoms with Gasteiger partial charge in [-0.15, -0.1) is 0 Å². The third-order valence-corrected chi connectivity index (χ3v) is 3.37. The lowest BCUT2D eigenvalue weighted by molar-refractivity contribution is 0.0938. The van der Waals surface area contributed by atoms with Gasteiger partial charge in [0.1, 0.15) is 0 Å². The van der Waals surface area contributed by atoms with Crippen LogP contribution in [0.4, 0.5) is 0 Å². The summed E-state index contributed by atoms with van der Waals surface area (Å²) < 4.78 is 15.8. The van der Waals surface area contributed by atoms with Crippen LogP contribution in [0.15, 0.2) is 12.1 Å². The number of hydrogen-bond donors (Lipinski definition) is 2. The van der Waals surface area contributed by atoms with Crippen molar-refractivity contribution in [2.75, 3.05) is 41.0 Å². The van der Waals surface area contributed by atoms with Crippen LogP contribution in [0.5, 0.6) is 17.2 Å². The van der Waals surface area contributed by atoms with Gasteiger partial charge < -0.3 is 24.8 Å². The molecule has 110 valence electrons. The second-order valence-corrected chi connectivity index (χ2v) is 4.62. The quantitative estimate of drug-likeness (QED) is 0.801. The maximum atomic E-state index is 12.2. The first-order valence-corrected chi connectivity index (χ1v) is 6.49. The zero-order valence-electron chi connectivity index (χ0n) is 12.0. The molecule has 1 aliphatic rings. The largest absolute Gasteiger partial charge is 0.493 e. The van der Waals surface area contributed by atoms with E-state index in [1.807, 2.05) is 0 Å². The minimum atomic E-state index is -0.172. The first kappa shape index (κ1) is 14.5. The van der Waals surface area contributed by atoms with Gasteiger partial charge in [-0.25, -0.2) is 0 Å². The van der Waals surface area contributed by atoms with E-state index in [1.54, 1.807) is 19.2 Å². The summed E-state index contributed by atoms with van der Waals surface area (Å²) in [6.07, 6.45) is 0. The third kappa shape index (κ3) is 2.80. The van der Waals surface area contributed by atoms with E-state index in [0.29, 0.717) is 35.3 Å². The van der Waals surface area contributed by atoms with E-state index in [4.69, 9.17) is 14.2 Å². The van der Waals surface area contributed by atoms with Gasteiger partial charge >= 0.3 is 0 Å². The van der Waals surface area contributed by atoms with E-state index >= 15 is 0 Å². The Morgan fingerprint density at radius 2 is 1.90 bits per heavy atom.